The Balaban J connectivity index is 2.47. The lowest BCUT2D eigenvalue weighted by molar-refractivity contribution is 0.219. The van der Waals surface area contributed by atoms with Crippen LogP contribution in [0.15, 0.2) is 30.3 Å². The van der Waals surface area contributed by atoms with Crippen molar-refractivity contribution in [3.8, 4) is 5.75 Å². The topological polar surface area (TPSA) is 29.5 Å². The van der Waals surface area contributed by atoms with Gasteiger partial charge in [0.15, 0.2) is 0 Å². The van der Waals surface area contributed by atoms with Gasteiger partial charge >= 0.3 is 0 Å². The average molecular weight is 315 g/mol. The van der Waals surface area contributed by atoms with Crippen molar-refractivity contribution >= 4 is 23.2 Å². The summed E-state index contributed by atoms with van der Waals surface area (Å²) in [6.45, 7) is 1.75. The molecule has 0 fully saturated rings. The van der Waals surface area contributed by atoms with Gasteiger partial charge in [0.05, 0.1) is 17.2 Å². The number of aryl methyl sites for hydroxylation is 1. The highest BCUT2D eigenvalue weighted by atomic mass is 35.5. The monoisotopic (exact) mass is 314 g/mol. The molecule has 2 nitrogen and oxygen atoms in total. The lowest BCUT2D eigenvalue weighted by Gasteiger charge is -2.16. The van der Waals surface area contributed by atoms with Gasteiger partial charge in [-0.25, -0.2) is 4.39 Å². The van der Waals surface area contributed by atoms with Crippen LogP contribution in [0.1, 0.15) is 22.8 Å². The molecule has 0 saturated heterocycles. The van der Waals surface area contributed by atoms with Gasteiger partial charge in [0.2, 0.25) is 0 Å². The summed E-state index contributed by atoms with van der Waals surface area (Å²) in [5.41, 5.74) is 1.54. The molecule has 1 N–H and O–H groups in total. The molecule has 106 valence electrons. The molecule has 0 saturated carbocycles. The van der Waals surface area contributed by atoms with Gasteiger partial charge in [-0.2, -0.15) is 0 Å². The predicted molar refractivity (Wildman–Crippen MR) is 78.2 cm³/mol. The summed E-state index contributed by atoms with van der Waals surface area (Å²) in [7, 11) is 1.48. The Morgan fingerprint density at radius 1 is 1.10 bits per heavy atom. The number of hydrogen-bond donors (Lipinski definition) is 1. The molecule has 5 heteroatoms. The molecule has 2 aromatic rings. The molecule has 1 unspecified atom stereocenters. The Labute approximate surface area is 126 Å². The van der Waals surface area contributed by atoms with Gasteiger partial charge in [-0.15, -0.1) is 0 Å². The third-order valence-corrected chi connectivity index (χ3v) is 3.57. The second-order valence-corrected chi connectivity index (χ2v) is 5.29. The number of ether oxygens (including phenoxy) is 1. The maximum absolute atomic E-state index is 13.4. The van der Waals surface area contributed by atoms with E-state index in [2.05, 4.69) is 0 Å². The summed E-state index contributed by atoms with van der Waals surface area (Å²) in [6, 6.07) is 7.40. The van der Waals surface area contributed by atoms with E-state index in [0.29, 0.717) is 26.9 Å². The highest BCUT2D eigenvalue weighted by Crippen LogP contribution is 2.36. The maximum Gasteiger partial charge on any atom is 0.138 e. The van der Waals surface area contributed by atoms with Crippen LogP contribution in [-0.4, -0.2) is 12.2 Å². The number of aliphatic hydroxyl groups excluding tert-OH is 1. The molecule has 0 aromatic heterocycles. The van der Waals surface area contributed by atoms with Gasteiger partial charge in [-0.1, -0.05) is 29.3 Å². The SMILES string of the molecule is COc1cc(Cl)c(C(O)c2cc(C)cc(F)c2)cc1Cl. The molecule has 0 aliphatic rings. The van der Waals surface area contributed by atoms with Gasteiger partial charge in [0.1, 0.15) is 17.7 Å². The number of methoxy groups -OCH3 is 1. The fourth-order valence-corrected chi connectivity index (χ4v) is 2.52. The van der Waals surface area contributed by atoms with Crippen molar-refractivity contribution in [2.24, 2.45) is 0 Å². The van der Waals surface area contributed by atoms with E-state index in [4.69, 9.17) is 27.9 Å². The molecule has 0 heterocycles. The predicted octanol–water partition coefficient (Wildman–Crippen LogP) is 4.53. The normalized spacial score (nSPS) is 12.3. The van der Waals surface area contributed by atoms with Crippen molar-refractivity contribution in [1.29, 1.82) is 0 Å². The maximum atomic E-state index is 13.4. The number of rotatable bonds is 3. The Kier molecular flexibility index (Phi) is 4.53. The first-order chi connectivity index (χ1) is 9.42. The van der Waals surface area contributed by atoms with E-state index in [1.807, 2.05) is 0 Å². The average Bonchev–Trinajstić information content (AvgIpc) is 2.39. The molecule has 0 aliphatic heterocycles. The van der Waals surface area contributed by atoms with E-state index < -0.39 is 11.9 Å². The van der Waals surface area contributed by atoms with E-state index >= 15 is 0 Å². The van der Waals surface area contributed by atoms with Crippen molar-refractivity contribution in [2.75, 3.05) is 7.11 Å². The van der Waals surface area contributed by atoms with Crippen molar-refractivity contribution in [3.63, 3.8) is 0 Å². The standard InChI is InChI=1S/C15H13Cl2FO2/c1-8-3-9(5-10(18)4-8)15(19)11-6-13(17)14(20-2)7-12(11)16/h3-7,15,19H,1-2H3. The first-order valence-electron chi connectivity index (χ1n) is 5.90. The Bertz CT molecular complexity index is 624. The van der Waals surface area contributed by atoms with Crippen LogP contribution < -0.4 is 4.74 Å². The zero-order valence-electron chi connectivity index (χ0n) is 11.0. The summed E-state index contributed by atoms with van der Waals surface area (Å²) < 4.78 is 18.5. The molecule has 1 atom stereocenters. The fraction of sp³-hybridized carbons (Fsp3) is 0.200. The van der Waals surface area contributed by atoms with Crippen molar-refractivity contribution in [2.45, 2.75) is 13.0 Å². The van der Waals surface area contributed by atoms with E-state index in [0.717, 1.165) is 5.56 Å². The lowest BCUT2D eigenvalue weighted by Crippen LogP contribution is -2.02. The first kappa shape index (κ1) is 15.1. The smallest absolute Gasteiger partial charge is 0.138 e. The Morgan fingerprint density at radius 2 is 1.80 bits per heavy atom. The molecule has 2 rings (SSSR count). The van der Waals surface area contributed by atoms with Gasteiger partial charge in [0, 0.05) is 11.6 Å². The molecule has 0 bridgehead atoms. The van der Waals surface area contributed by atoms with Crippen LogP contribution in [-0.2, 0) is 0 Å². The van der Waals surface area contributed by atoms with E-state index in [1.165, 1.54) is 31.4 Å². The number of aliphatic hydroxyl groups is 1. The third-order valence-electron chi connectivity index (χ3n) is 2.95. The number of halogens is 3. The minimum atomic E-state index is -1.06. The number of benzene rings is 2. The summed E-state index contributed by atoms with van der Waals surface area (Å²) in [6.07, 6.45) is -1.06. The molecule has 20 heavy (non-hydrogen) atoms. The highest BCUT2D eigenvalue weighted by Gasteiger charge is 2.18. The van der Waals surface area contributed by atoms with Crippen molar-refractivity contribution < 1.29 is 14.2 Å². The van der Waals surface area contributed by atoms with Crippen molar-refractivity contribution in [1.82, 2.24) is 0 Å². The van der Waals surface area contributed by atoms with Crippen LogP contribution in [0.3, 0.4) is 0 Å². The summed E-state index contributed by atoms with van der Waals surface area (Å²) >= 11 is 12.1. The zero-order valence-corrected chi connectivity index (χ0v) is 12.5. The first-order valence-corrected chi connectivity index (χ1v) is 6.66. The highest BCUT2D eigenvalue weighted by molar-refractivity contribution is 6.34. The van der Waals surface area contributed by atoms with Crippen LogP contribution in [0.25, 0.3) is 0 Å². The molecule has 0 radical (unpaired) electrons. The van der Waals surface area contributed by atoms with E-state index in [9.17, 15) is 9.50 Å². The van der Waals surface area contributed by atoms with Gasteiger partial charge in [-0.3, -0.25) is 0 Å². The summed E-state index contributed by atoms with van der Waals surface area (Å²) in [5, 5.41) is 11.0. The van der Waals surface area contributed by atoms with Gasteiger partial charge < -0.3 is 9.84 Å². The molecule has 2 aromatic carbocycles. The molecule has 0 aliphatic carbocycles. The second-order valence-electron chi connectivity index (χ2n) is 4.47. The van der Waals surface area contributed by atoms with Gasteiger partial charge in [0.25, 0.3) is 0 Å². The zero-order chi connectivity index (χ0) is 14.9. The Hall–Kier alpha value is -1.29. The van der Waals surface area contributed by atoms with Crippen LogP contribution >= 0.6 is 23.2 Å². The second kappa shape index (κ2) is 6.00. The largest absolute Gasteiger partial charge is 0.495 e. The lowest BCUT2D eigenvalue weighted by atomic mass is 9.99. The fourth-order valence-electron chi connectivity index (χ4n) is 2.01. The van der Waals surface area contributed by atoms with Crippen molar-refractivity contribution in [3.05, 3.63) is 62.9 Å². The molecular formula is C15H13Cl2FO2. The molecule has 0 spiro atoms. The minimum absolute atomic E-state index is 0.306. The minimum Gasteiger partial charge on any atom is -0.495 e. The van der Waals surface area contributed by atoms with Crippen LogP contribution in [0.4, 0.5) is 4.39 Å². The Morgan fingerprint density at radius 3 is 2.40 bits per heavy atom. The molecule has 0 amide bonds. The van der Waals surface area contributed by atoms with E-state index in [-0.39, 0.29) is 0 Å². The molecular weight excluding hydrogens is 302 g/mol. The number of hydrogen-bond acceptors (Lipinski definition) is 2. The van der Waals surface area contributed by atoms with Crippen LogP contribution in [0.2, 0.25) is 10.0 Å². The quantitative estimate of drug-likeness (QED) is 0.901. The van der Waals surface area contributed by atoms with Gasteiger partial charge in [-0.05, 0) is 36.2 Å². The van der Waals surface area contributed by atoms with Crippen LogP contribution in [0.5, 0.6) is 5.75 Å². The van der Waals surface area contributed by atoms with Crippen LogP contribution in [0, 0.1) is 12.7 Å². The van der Waals surface area contributed by atoms with E-state index in [1.54, 1.807) is 13.0 Å². The summed E-state index contributed by atoms with van der Waals surface area (Å²) in [5.74, 6) is 0.0119. The third kappa shape index (κ3) is 3.06. The summed E-state index contributed by atoms with van der Waals surface area (Å²) in [4.78, 5) is 0.